The molecule has 4 heteroatoms. The second-order valence-corrected chi connectivity index (χ2v) is 5.25. The monoisotopic (exact) mass is 248 g/mol. The summed E-state index contributed by atoms with van der Waals surface area (Å²) in [6.45, 7) is 3.84. The van der Waals surface area contributed by atoms with Gasteiger partial charge in [-0.2, -0.15) is 0 Å². The average Bonchev–Trinajstić information content (AvgIpc) is 3.15. The van der Waals surface area contributed by atoms with Crippen LogP contribution in [0, 0.1) is 18.3 Å². The van der Waals surface area contributed by atoms with Crippen molar-refractivity contribution in [1.82, 2.24) is 10.2 Å². The fourth-order valence-corrected chi connectivity index (χ4v) is 2.68. The Labute approximate surface area is 108 Å². The van der Waals surface area contributed by atoms with Gasteiger partial charge in [-0.05, 0) is 32.1 Å². The van der Waals surface area contributed by atoms with Gasteiger partial charge >= 0.3 is 0 Å². The van der Waals surface area contributed by atoms with Crippen molar-refractivity contribution in [3.05, 3.63) is 0 Å². The maximum atomic E-state index is 12.5. The van der Waals surface area contributed by atoms with Crippen LogP contribution in [0.15, 0.2) is 0 Å². The molecule has 0 bridgehead atoms. The molecule has 3 unspecified atom stereocenters. The van der Waals surface area contributed by atoms with E-state index in [0.717, 1.165) is 12.8 Å². The lowest BCUT2D eigenvalue weighted by Gasteiger charge is -2.41. The number of piperazine rings is 1. The molecule has 0 aromatic heterocycles. The SMILES string of the molecule is C#CCC(C)N1C(=O)C(C2CC2)NC(=O)C1CC. The number of carbonyl (C=O) groups excluding carboxylic acids is 2. The van der Waals surface area contributed by atoms with Crippen LogP contribution in [-0.2, 0) is 9.59 Å². The molecule has 3 atom stereocenters. The van der Waals surface area contributed by atoms with E-state index in [4.69, 9.17) is 6.42 Å². The molecular weight excluding hydrogens is 228 g/mol. The highest BCUT2D eigenvalue weighted by atomic mass is 16.2. The number of carbonyl (C=O) groups is 2. The molecule has 0 aromatic carbocycles. The highest BCUT2D eigenvalue weighted by Crippen LogP contribution is 2.35. The Bertz CT molecular complexity index is 395. The van der Waals surface area contributed by atoms with Crippen molar-refractivity contribution in [1.29, 1.82) is 0 Å². The third-order valence-corrected chi connectivity index (χ3v) is 3.82. The Morgan fingerprint density at radius 1 is 1.50 bits per heavy atom. The lowest BCUT2D eigenvalue weighted by molar-refractivity contribution is -0.152. The van der Waals surface area contributed by atoms with Gasteiger partial charge in [-0.25, -0.2) is 0 Å². The lowest BCUT2D eigenvalue weighted by atomic mass is 9.99. The molecule has 2 aliphatic rings. The highest BCUT2D eigenvalue weighted by Gasteiger charge is 2.47. The highest BCUT2D eigenvalue weighted by molar-refractivity contribution is 5.97. The minimum atomic E-state index is -0.365. The van der Waals surface area contributed by atoms with E-state index >= 15 is 0 Å². The summed E-state index contributed by atoms with van der Waals surface area (Å²) in [5.41, 5.74) is 0. The predicted molar refractivity (Wildman–Crippen MR) is 68.5 cm³/mol. The van der Waals surface area contributed by atoms with E-state index in [2.05, 4.69) is 11.2 Å². The van der Waals surface area contributed by atoms with Crippen LogP contribution in [0.5, 0.6) is 0 Å². The second kappa shape index (κ2) is 5.01. The standard InChI is InChI=1S/C14H20N2O2/c1-4-6-9(3)16-11(5-2)13(17)15-12(14(16)18)10-7-8-10/h1,9-12H,5-8H2,2-3H3,(H,15,17). The molecular formula is C14H20N2O2. The van der Waals surface area contributed by atoms with Gasteiger partial charge in [-0.3, -0.25) is 9.59 Å². The quantitative estimate of drug-likeness (QED) is 0.752. The largest absolute Gasteiger partial charge is 0.342 e. The number of hydrogen-bond donors (Lipinski definition) is 1. The molecule has 2 amide bonds. The number of hydrogen-bond acceptors (Lipinski definition) is 2. The normalized spacial score (nSPS) is 29.7. The number of nitrogens with zero attached hydrogens (tertiary/aromatic N) is 1. The molecule has 2 fully saturated rings. The first kappa shape index (κ1) is 12.9. The van der Waals surface area contributed by atoms with E-state index in [-0.39, 0.29) is 29.9 Å². The van der Waals surface area contributed by atoms with E-state index in [1.54, 1.807) is 4.90 Å². The molecule has 1 N–H and O–H groups in total. The molecule has 0 spiro atoms. The third-order valence-electron chi connectivity index (χ3n) is 3.82. The number of amides is 2. The molecule has 1 aliphatic carbocycles. The second-order valence-electron chi connectivity index (χ2n) is 5.25. The average molecular weight is 248 g/mol. The van der Waals surface area contributed by atoms with E-state index in [1.807, 2.05) is 13.8 Å². The van der Waals surface area contributed by atoms with Gasteiger partial charge in [0, 0.05) is 12.5 Å². The summed E-state index contributed by atoms with van der Waals surface area (Å²) in [5.74, 6) is 2.93. The van der Waals surface area contributed by atoms with Crippen LogP contribution >= 0.6 is 0 Å². The van der Waals surface area contributed by atoms with Crippen molar-refractivity contribution >= 4 is 11.8 Å². The molecule has 2 rings (SSSR count). The Kier molecular flexibility index (Phi) is 3.60. The Hall–Kier alpha value is -1.50. The molecule has 0 aromatic rings. The zero-order chi connectivity index (χ0) is 13.3. The van der Waals surface area contributed by atoms with Crippen molar-refractivity contribution in [2.45, 2.75) is 57.7 Å². The van der Waals surface area contributed by atoms with Gasteiger partial charge in [0.15, 0.2) is 0 Å². The fraction of sp³-hybridized carbons (Fsp3) is 0.714. The first-order valence-electron chi connectivity index (χ1n) is 6.66. The summed E-state index contributed by atoms with van der Waals surface area (Å²) in [6, 6.07) is -0.754. The van der Waals surface area contributed by atoms with Crippen LogP contribution < -0.4 is 5.32 Å². The topological polar surface area (TPSA) is 49.4 Å². The third kappa shape index (κ3) is 2.22. The first-order valence-corrected chi connectivity index (χ1v) is 6.66. The number of rotatable bonds is 4. The van der Waals surface area contributed by atoms with Crippen LogP contribution in [-0.4, -0.2) is 34.8 Å². The van der Waals surface area contributed by atoms with E-state index < -0.39 is 0 Å². The molecule has 1 aliphatic heterocycles. The molecule has 4 nitrogen and oxygen atoms in total. The van der Waals surface area contributed by atoms with Crippen LogP contribution in [0.1, 0.15) is 39.5 Å². The van der Waals surface area contributed by atoms with E-state index in [1.165, 1.54) is 0 Å². The summed E-state index contributed by atoms with van der Waals surface area (Å²) in [6.07, 6.45) is 8.51. The Balaban J connectivity index is 2.21. The molecule has 18 heavy (non-hydrogen) atoms. The van der Waals surface area contributed by atoms with Crippen molar-refractivity contribution in [2.75, 3.05) is 0 Å². The summed E-state index contributed by atoms with van der Waals surface area (Å²) < 4.78 is 0. The molecule has 98 valence electrons. The van der Waals surface area contributed by atoms with Crippen LogP contribution in [0.2, 0.25) is 0 Å². The first-order chi connectivity index (χ1) is 8.60. The maximum Gasteiger partial charge on any atom is 0.246 e. The van der Waals surface area contributed by atoms with Crippen molar-refractivity contribution in [3.8, 4) is 12.3 Å². The Morgan fingerprint density at radius 2 is 2.17 bits per heavy atom. The molecule has 1 saturated carbocycles. The minimum Gasteiger partial charge on any atom is -0.342 e. The van der Waals surface area contributed by atoms with Crippen molar-refractivity contribution in [3.63, 3.8) is 0 Å². The predicted octanol–water partition coefficient (Wildman–Crippen LogP) is 0.914. The van der Waals surface area contributed by atoms with E-state index in [9.17, 15) is 9.59 Å². The van der Waals surface area contributed by atoms with Gasteiger partial charge in [0.05, 0.1) is 0 Å². The summed E-state index contributed by atoms with van der Waals surface area (Å²) in [4.78, 5) is 26.3. The zero-order valence-electron chi connectivity index (χ0n) is 11.0. The fourth-order valence-electron chi connectivity index (χ4n) is 2.68. The number of terminal acetylenes is 1. The van der Waals surface area contributed by atoms with Gasteiger partial charge in [-0.15, -0.1) is 12.3 Å². The molecule has 1 heterocycles. The smallest absolute Gasteiger partial charge is 0.246 e. The lowest BCUT2D eigenvalue weighted by Crippen LogP contribution is -2.65. The van der Waals surface area contributed by atoms with Crippen LogP contribution in [0.25, 0.3) is 0 Å². The van der Waals surface area contributed by atoms with Gasteiger partial charge in [0.1, 0.15) is 12.1 Å². The van der Waals surface area contributed by atoms with Gasteiger partial charge < -0.3 is 10.2 Å². The maximum absolute atomic E-state index is 12.5. The van der Waals surface area contributed by atoms with E-state index in [0.29, 0.717) is 18.8 Å². The summed E-state index contributed by atoms with van der Waals surface area (Å²) in [5, 5.41) is 2.87. The summed E-state index contributed by atoms with van der Waals surface area (Å²) in [7, 11) is 0. The van der Waals surface area contributed by atoms with Crippen LogP contribution in [0.4, 0.5) is 0 Å². The van der Waals surface area contributed by atoms with Crippen molar-refractivity contribution in [2.24, 2.45) is 5.92 Å². The van der Waals surface area contributed by atoms with Gasteiger partial charge in [-0.1, -0.05) is 6.92 Å². The summed E-state index contributed by atoms with van der Waals surface area (Å²) >= 11 is 0. The molecule has 0 radical (unpaired) electrons. The Morgan fingerprint density at radius 3 is 2.67 bits per heavy atom. The zero-order valence-corrected chi connectivity index (χ0v) is 11.0. The van der Waals surface area contributed by atoms with Crippen molar-refractivity contribution < 1.29 is 9.59 Å². The van der Waals surface area contributed by atoms with Gasteiger partial charge in [0.2, 0.25) is 11.8 Å². The molecule has 1 saturated heterocycles. The van der Waals surface area contributed by atoms with Crippen LogP contribution in [0.3, 0.4) is 0 Å². The van der Waals surface area contributed by atoms with Gasteiger partial charge in [0.25, 0.3) is 0 Å². The number of nitrogens with one attached hydrogen (secondary N) is 1. The minimum absolute atomic E-state index is 0.0297.